The maximum Gasteiger partial charge on any atom is 0.159 e. The first-order valence-electron chi connectivity index (χ1n) is 11.4. The minimum Gasteiger partial charge on any atom is -0.497 e. The lowest BCUT2D eigenvalue weighted by Gasteiger charge is -2.36. The van der Waals surface area contributed by atoms with E-state index < -0.39 is 0 Å². The lowest BCUT2D eigenvalue weighted by Crippen LogP contribution is -2.47. The fourth-order valence-corrected chi connectivity index (χ4v) is 4.64. The molecule has 6 rings (SSSR count). The van der Waals surface area contributed by atoms with Gasteiger partial charge in [0.2, 0.25) is 0 Å². The van der Waals surface area contributed by atoms with Crippen LogP contribution in [0.1, 0.15) is 12.8 Å². The standard InChI is InChI=1S/C25H28N6O/c1-32-20-8-9-23-21(14-20)22-15-26-29-24(22)25(28-23)27-18-4-6-19(7-5-18)31-12-10-30(11-13-31)16-17-2-3-17/h4-9,14-15,17H,2-3,10-13,16H2,1H3,(H,26,29)(H,27,28). The molecule has 1 aliphatic carbocycles. The van der Waals surface area contributed by atoms with Crippen molar-refractivity contribution in [2.24, 2.45) is 5.92 Å². The van der Waals surface area contributed by atoms with Gasteiger partial charge >= 0.3 is 0 Å². The zero-order valence-corrected chi connectivity index (χ0v) is 18.3. The highest BCUT2D eigenvalue weighted by Gasteiger charge is 2.26. The predicted octanol–water partition coefficient (Wildman–Crippen LogP) is 4.40. The molecule has 0 radical (unpaired) electrons. The molecule has 2 fully saturated rings. The van der Waals surface area contributed by atoms with E-state index in [9.17, 15) is 0 Å². The monoisotopic (exact) mass is 428 g/mol. The second kappa shape index (κ2) is 7.98. The van der Waals surface area contributed by atoms with Crippen molar-refractivity contribution in [3.05, 3.63) is 48.7 Å². The van der Waals surface area contributed by atoms with Gasteiger partial charge in [-0.15, -0.1) is 0 Å². The number of hydrogen-bond acceptors (Lipinski definition) is 6. The van der Waals surface area contributed by atoms with Crippen LogP contribution >= 0.6 is 0 Å². The molecule has 2 aromatic heterocycles. The van der Waals surface area contributed by atoms with Crippen LogP contribution in [0, 0.1) is 5.92 Å². The Kier molecular flexibility index (Phi) is 4.83. The number of aromatic amines is 1. The van der Waals surface area contributed by atoms with Gasteiger partial charge in [0, 0.05) is 61.1 Å². The van der Waals surface area contributed by atoms with Crippen molar-refractivity contribution in [3.8, 4) is 5.75 Å². The van der Waals surface area contributed by atoms with E-state index in [1.54, 1.807) is 7.11 Å². The zero-order valence-electron chi connectivity index (χ0n) is 18.3. The summed E-state index contributed by atoms with van der Waals surface area (Å²) < 4.78 is 5.38. The smallest absolute Gasteiger partial charge is 0.159 e. The van der Waals surface area contributed by atoms with E-state index in [-0.39, 0.29) is 0 Å². The SMILES string of the molecule is COc1ccc2nc(Nc3ccc(N4CCN(CC5CC5)CC4)cc3)c3n[nH]cc3c2c1. The normalized spacial score (nSPS) is 17.2. The summed E-state index contributed by atoms with van der Waals surface area (Å²) in [4.78, 5) is 9.94. The summed E-state index contributed by atoms with van der Waals surface area (Å²) in [7, 11) is 1.68. The average Bonchev–Trinajstić information content (AvgIpc) is 3.50. The molecule has 0 atom stereocenters. The molecule has 7 nitrogen and oxygen atoms in total. The molecule has 1 saturated heterocycles. The highest BCUT2D eigenvalue weighted by Crippen LogP contribution is 2.32. The Morgan fingerprint density at radius 2 is 1.84 bits per heavy atom. The van der Waals surface area contributed by atoms with Gasteiger partial charge in [0.05, 0.1) is 12.6 Å². The molecule has 1 aliphatic heterocycles. The molecule has 7 heteroatoms. The zero-order chi connectivity index (χ0) is 21.5. The summed E-state index contributed by atoms with van der Waals surface area (Å²) in [6, 6.07) is 14.6. The first-order chi connectivity index (χ1) is 15.8. The van der Waals surface area contributed by atoms with Gasteiger partial charge in [0.15, 0.2) is 5.82 Å². The average molecular weight is 429 g/mol. The topological polar surface area (TPSA) is 69.3 Å². The Balaban J connectivity index is 1.20. The number of benzene rings is 2. The number of rotatable bonds is 6. The van der Waals surface area contributed by atoms with E-state index >= 15 is 0 Å². The summed E-state index contributed by atoms with van der Waals surface area (Å²) in [6.07, 6.45) is 4.77. The van der Waals surface area contributed by atoms with Crippen molar-refractivity contribution in [1.82, 2.24) is 20.1 Å². The third kappa shape index (κ3) is 3.73. The Morgan fingerprint density at radius 3 is 2.59 bits per heavy atom. The van der Waals surface area contributed by atoms with Crippen LogP contribution in [0.25, 0.3) is 21.8 Å². The minimum absolute atomic E-state index is 0.750. The van der Waals surface area contributed by atoms with Crippen LogP contribution in [0.2, 0.25) is 0 Å². The van der Waals surface area contributed by atoms with Crippen molar-refractivity contribution < 1.29 is 4.74 Å². The number of piperazine rings is 1. The number of pyridine rings is 1. The number of nitrogens with one attached hydrogen (secondary N) is 2. The van der Waals surface area contributed by atoms with Crippen LogP contribution in [0.4, 0.5) is 17.2 Å². The number of fused-ring (bicyclic) bond motifs is 3. The first-order valence-corrected chi connectivity index (χ1v) is 11.4. The summed E-state index contributed by atoms with van der Waals surface area (Å²) in [5.41, 5.74) is 4.01. The van der Waals surface area contributed by atoms with Crippen molar-refractivity contribution in [1.29, 1.82) is 0 Å². The number of methoxy groups -OCH3 is 1. The van der Waals surface area contributed by atoms with E-state index in [1.807, 2.05) is 24.4 Å². The van der Waals surface area contributed by atoms with Gasteiger partial charge in [0.25, 0.3) is 0 Å². The highest BCUT2D eigenvalue weighted by atomic mass is 16.5. The summed E-state index contributed by atoms with van der Waals surface area (Å²) in [5, 5.41) is 12.9. The van der Waals surface area contributed by atoms with Gasteiger partial charge in [0.1, 0.15) is 11.3 Å². The van der Waals surface area contributed by atoms with E-state index in [0.717, 1.165) is 58.1 Å². The van der Waals surface area contributed by atoms with Gasteiger partial charge in [-0.2, -0.15) is 5.10 Å². The molecule has 2 aliphatic rings. The number of anilines is 3. The number of nitrogens with zero attached hydrogens (tertiary/aromatic N) is 4. The highest BCUT2D eigenvalue weighted by molar-refractivity contribution is 6.09. The first kappa shape index (κ1) is 19.4. The van der Waals surface area contributed by atoms with Crippen molar-refractivity contribution >= 4 is 39.0 Å². The molecular formula is C25H28N6O. The molecule has 0 amide bonds. The van der Waals surface area contributed by atoms with Crippen LogP contribution in [-0.4, -0.2) is 59.9 Å². The van der Waals surface area contributed by atoms with Crippen LogP contribution in [0.5, 0.6) is 5.75 Å². The lowest BCUT2D eigenvalue weighted by atomic mass is 10.1. The van der Waals surface area contributed by atoms with Crippen LogP contribution < -0.4 is 15.0 Å². The quantitative estimate of drug-likeness (QED) is 0.475. The summed E-state index contributed by atoms with van der Waals surface area (Å²) in [6.45, 7) is 5.83. The summed E-state index contributed by atoms with van der Waals surface area (Å²) >= 11 is 0. The molecule has 2 N–H and O–H groups in total. The molecule has 0 spiro atoms. The molecule has 3 heterocycles. The number of hydrogen-bond donors (Lipinski definition) is 2. The molecule has 4 aromatic rings. The van der Waals surface area contributed by atoms with Crippen molar-refractivity contribution in [2.45, 2.75) is 12.8 Å². The number of H-pyrrole nitrogens is 1. The second-order valence-corrected chi connectivity index (χ2v) is 8.89. The van der Waals surface area contributed by atoms with Gasteiger partial charge in [-0.3, -0.25) is 10.00 Å². The third-order valence-electron chi connectivity index (χ3n) is 6.67. The Bertz CT molecular complexity index is 1240. The number of aromatic nitrogens is 3. The predicted molar refractivity (Wildman–Crippen MR) is 129 cm³/mol. The Hall–Kier alpha value is -3.32. The van der Waals surface area contributed by atoms with Crippen LogP contribution in [0.15, 0.2) is 48.7 Å². The minimum atomic E-state index is 0.750. The van der Waals surface area contributed by atoms with E-state index in [2.05, 4.69) is 49.6 Å². The Labute approximate surface area is 187 Å². The van der Waals surface area contributed by atoms with Gasteiger partial charge in [-0.05, 0) is 61.2 Å². The maximum atomic E-state index is 5.38. The molecule has 0 unspecified atom stereocenters. The fraction of sp³-hybridized carbons (Fsp3) is 0.360. The molecule has 1 saturated carbocycles. The van der Waals surface area contributed by atoms with E-state index in [0.29, 0.717) is 0 Å². The van der Waals surface area contributed by atoms with E-state index in [1.165, 1.54) is 38.2 Å². The van der Waals surface area contributed by atoms with E-state index in [4.69, 9.17) is 9.72 Å². The molecule has 164 valence electrons. The fourth-order valence-electron chi connectivity index (χ4n) is 4.64. The van der Waals surface area contributed by atoms with Gasteiger partial charge in [-0.25, -0.2) is 4.98 Å². The number of ether oxygens (including phenoxy) is 1. The molecular weight excluding hydrogens is 400 g/mol. The Morgan fingerprint density at radius 1 is 1.03 bits per heavy atom. The summed E-state index contributed by atoms with van der Waals surface area (Å²) in [5.74, 6) is 2.53. The lowest BCUT2D eigenvalue weighted by molar-refractivity contribution is 0.248. The van der Waals surface area contributed by atoms with Crippen LogP contribution in [-0.2, 0) is 0 Å². The van der Waals surface area contributed by atoms with Crippen LogP contribution in [0.3, 0.4) is 0 Å². The largest absolute Gasteiger partial charge is 0.497 e. The van der Waals surface area contributed by atoms with Gasteiger partial charge < -0.3 is 15.0 Å². The van der Waals surface area contributed by atoms with Crippen molar-refractivity contribution in [2.75, 3.05) is 50.1 Å². The second-order valence-electron chi connectivity index (χ2n) is 8.89. The maximum absolute atomic E-state index is 5.38. The third-order valence-corrected chi connectivity index (χ3v) is 6.67. The van der Waals surface area contributed by atoms with Crippen molar-refractivity contribution in [3.63, 3.8) is 0 Å². The molecule has 0 bridgehead atoms. The molecule has 32 heavy (non-hydrogen) atoms. The molecule has 2 aromatic carbocycles. The van der Waals surface area contributed by atoms with Gasteiger partial charge in [-0.1, -0.05) is 0 Å².